The average molecular weight is 289 g/mol. The van der Waals surface area contributed by atoms with Gasteiger partial charge in [0.15, 0.2) is 5.78 Å². The van der Waals surface area contributed by atoms with E-state index in [0.29, 0.717) is 24.0 Å². The number of carbonyl (C=O) groups excluding carboxylic acids is 1. The molecule has 2 atom stereocenters. The molecule has 1 aromatic carbocycles. The van der Waals surface area contributed by atoms with Crippen LogP contribution in [0.25, 0.3) is 0 Å². The minimum Gasteiger partial charge on any atom is -0.491 e. The molecule has 21 heavy (non-hydrogen) atoms. The summed E-state index contributed by atoms with van der Waals surface area (Å²) in [7, 11) is 2.19. The molecule has 3 heteroatoms. The normalized spacial score (nSPS) is 22.3. The topological polar surface area (TPSA) is 29.5 Å². The van der Waals surface area contributed by atoms with Crippen LogP contribution in [-0.4, -0.2) is 36.9 Å². The van der Waals surface area contributed by atoms with Crippen LogP contribution in [0.4, 0.5) is 0 Å². The molecule has 1 saturated carbocycles. The van der Waals surface area contributed by atoms with Crippen molar-refractivity contribution in [1.29, 1.82) is 0 Å². The van der Waals surface area contributed by atoms with Crippen molar-refractivity contribution in [3.05, 3.63) is 29.8 Å². The Morgan fingerprint density at radius 3 is 2.71 bits per heavy atom. The highest BCUT2D eigenvalue weighted by molar-refractivity contribution is 5.96. The smallest absolute Gasteiger partial charge is 0.163 e. The molecule has 0 bridgehead atoms. The van der Waals surface area contributed by atoms with Gasteiger partial charge in [-0.05, 0) is 44.9 Å². The fourth-order valence-electron chi connectivity index (χ4n) is 3.30. The van der Waals surface area contributed by atoms with E-state index in [2.05, 4.69) is 18.9 Å². The third-order valence-corrected chi connectivity index (χ3v) is 4.60. The third-order valence-electron chi connectivity index (χ3n) is 4.60. The zero-order chi connectivity index (χ0) is 15.2. The summed E-state index contributed by atoms with van der Waals surface area (Å²) < 4.78 is 5.83. The van der Waals surface area contributed by atoms with Gasteiger partial charge in [-0.15, -0.1) is 0 Å². The minimum atomic E-state index is 0.0554. The maximum Gasteiger partial charge on any atom is 0.163 e. The Morgan fingerprint density at radius 1 is 1.29 bits per heavy atom. The Labute approximate surface area is 128 Å². The van der Waals surface area contributed by atoms with Crippen LogP contribution in [0.3, 0.4) is 0 Å². The Balaban J connectivity index is 1.85. The lowest BCUT2D eigenvalue weighted by Crippen LogP contribution is -2.40. The highest BCUT2D eigenvalue weighted by Gasteiger charge is 2.24. The first kappa shape index (κ1) is 16.0. The number of ketones is 1. The van der Waals surface area contributed by atoms with Gasteiger partial charge in [-0.25, -0.2) is 0 Å². The van der Waals surface area contributed by atoms with Gasteiger partial charge in [0.25, 0.3) is 0 Å². The van der Waals surface area contributed by atoms with Crippen molar-refractivity contribution in [3.8, 4) is 5.75 Å². The summed E-state index contributed by atoms with van der Waals surface area (Å²) in [6.07, 6.45) is 5.34. The number of Topliss-reactive ketones (excluding diaryl/α,β-unsaturated/α-hetero) is 1. The molecule has 2 rings (SSSR count). The molecule has 1 aliphatic carbocycles. The molecule has 1 aliphatic rings. The molecule has 0 radical (unpaired) electrons. The molecule has 0 amide bonds. The maximum absolute atomic E-state index is 11.6. The zero-order valence-electron chi connectivity index (χ0n) is 13.5. The molecular formula is C18H27NO2. The summed E-state index contributed by atoms with van der Waals surface area (Å²) in [6, 6.07) is 8.16. The standard InChI is InChI=1S/C18H27NO2/c1-14-8-4-6-10-17(14)19(3)12-13-21-18-11-7-5-9-16(18)15(2)20/h5,7,9,11,14,17H,4,6,8,10,12-13H2,1-3H3. The number of para-hydroxylation sites is 1. The molecule has 0 heterocycles. The van der Waals surface area contributed by atoms with E-state index in [9.17, 15) is 4.79 Å². The first-order chi connectivity index (χ1) is 10.1. The van der Waals surface area contributed by atoms with Crippen LogP contribution in [0.2, 0.25) is 0 Å². The fourth-order valence-corrected chi connectivity index (χ4v) is 3.30. The first-order valence-electron chi connectivity index (χ1n) is 8.02. The summed E-state index contributed by atoms with van der Waals surface area (Å²) in [5.74, 6) is 1.53. The number of rotatable bonds is 6. The van der Waals surface area contributed by atoms with Gasteiger partial charge in [0.05, 0.1) is 5.56 Å². The summed E-state index contributed by atoms with van der Waals surface area (Å²) in [4.78, 5) is 14.0. The molecule has 0 saturated heterocycles. The number of benzene rings is 1. The molecule has 0 spiro atoms. The number of nitrogens with zero attached hydrogens (tertiary/aromatic N) is 1. The Kier molecular flexibility index (Phi) is 5.80. The second kappa shape index (κ2) is 7.60. The van der Waals surface area contributed by atoms with Gasteiger partial charge in [0, 0.05) is 12.6 Å². The van der Waals surface area contributed by atoms with Crippen LogP contribution in [-0.2, 0) is 0 Å². The highest BCUT2D eigenvalue weighted by atomic mass is 16.5. The van der Waals surface area contributed by atoms with Gasteiger partial charge in [-0.1, -0.05) is 31.9 Å². The molecule has 1 aromatic rings. The van der Waals surface area contributed by atoms with Gasteiger partial charge in [-0.3, -0.25) is 9.69 Å². The summed E-state index contributed by atoms with van der Waals surface area (Å²) >= 11 is 0. The van der Waals surface area contributed by atoms with Crippen LogP contribution in [0.5, 0.6) is 5.75 Å². The Morgan fingerprint density at radius 2 is 2.00 bits per heavy atom. The van der Waals surface area contributed by atoms with Gasteiger partial charge >= 0.3 is 0 Å². The van der Waals surface area contributed by atoms with Crippen LogP contribution < -0.4 is 4.74 Å². The molecule has 0 aromatic heterocycles. The molecule has 0 N–H and O–H groups in total. The molecule has 3 nitrogen and oxygen atoms in total. The minimum absolute atomic E-state index is 0.0554. The molecule has 1 fully saturated rings. The second-order valence-electron chi connectivity index (χ2n) is 6.21. The Hall–Kier alpha value is -1.35. The number of ether oxygens (including phenoxy) is 1. The van der Waals surface area contributed by atoms with Crippen LogP contribution in [0, 0.1) is 5.92 Å². The van der Waals surface area contributed by atoms with E-state index >= 15 is 0 Å². The van der Waals surface area contributed by atoms with Gasteiger partial charge < -0.3 is 4.74 Å². The molecule has 0 aliphatic heterocycles. The third kappa shape index (κ3) is 4.31. The van der Waals surface area contributed by atoms with Crippen molar-refractivity contribution in [2.45, 2.75) is 45.6 Å². The lowest BCUT2D eigenvalue weighted by Gasteiger charge is -2.36. The Bertz CT molecular complexity index is 472. The van der Waals surface area contributed by atoms with Crippen LogP contribution in [0.15, 0.2) is 24.3 Å². The lowest BCUT2D eigenvalue weighted by molar-refractivity contribution is 0.100. The van der Waals surface area contributed by atoms with E-state index in [0.717, 1.165) is 12.5 Å². The first-order valence-corrected chi connectivity index (χ1v) is 8.02. The number of hydrogen-bond acceptors (Lipinski definition) is 3. The molecular weight excluding hydrogens is 262 g/mol. The highest BCUT2D eigenvalue weighted by Crippen LogP contribution is 2.27. The van der Waals surface area contributed by atoms with Gasteiger partial charge in [-0.2, -0.15) is 0 Å². The fraction of sp³-hybridized carbons (Fsp3) is 0.611. The van der Waals surface area contributed by atoms with Gasteiger partial charge in [0.2, 0.25) is 0 Å². The van der Waals surface area contributed by atoms with Crippen molar-refractivity contribution in [2.75, 3.05) is 20.2 Å². The number of likely N-dealkylation sites (N-methyl/N-ethyl adjacent to an activating group) is 1. The van der Waals surface area contributed by atoms with Crippen molar-refractivity contribution >= 4 is 5.78 Å². The van der Waals surface area contributed by atoms with E-state index in [-0.39, 0.29) is 5.78 Å². The van der Waals surface area contributed by atoms with E-state index in [1.165, 1.54) is 25.7 Å². The lowest BCUT2D eigenvalue weighted by atomic mass is 9.85. The average Bonchev–Trinajstić information content (AvgIpc) is 2.48. The number of carbonyl (C=O) groups is 1. The predicted octanol–water partition coefficient (Wildman–Crippen LogP) is 3.78. The van der Waals surface area contributed by atoms with E-state index in [1.807, 2.05) is 24.3 Å². The van der Waals surface area contributed by atoms with Gasteiger partial charge in [0.1, 0.15) is 12.4 Å². The zero-order valence-corrected chi connectivity index (χ0v) is 13.5. The van der Waals surface area contributed by atoms with Crippen molar-refractivity contribution in [1.82, 2.24) is 4.90 Å². The monoisotopic (exact) mass is 289 g/mol. The summed E-state index contributed by atoms with van der Waals surface area (Å²) in [5.41, 5.74) is 0.672. The summed E-state index contributed by atoms with van der Waals surface area (Å²) in [6.45, 7) is 5.47. The summed E-state index contributed by atoms with van der Waals surface area (Å²) in [5, 5.41) is 0. The van der Waals surface area contributed by atoms with Crippen molar-refractivity contribution < 1.29 is 9.53 Å². The second-order valence-corrected chi connectivity index (χ2v) is 6.21. The van der Waals surface area contributed by atoms with Crippen molar-refractivity contribution in [2.24, 2.45) is 5.92 Å². The SMILES string of the molecule is CC(=O)c1ccccc1OCCN(C)C1CCCCC1C. The quantitative estimate of drug-likeness (QED) is 0.746. The molecule has 2 unspecified atom stereocenters. The number of hydrogen-bond donors (Lipinski definition) is 0. The maximum atomic E-state index is 11.6. The van der Waals surface area contributed by atoms with Crippen LogP contribution >= 0.6 is 0 Å². The predicted molar refractivity (Wildman–Crippen MR) is 86.0 cm³/mol. The van der Waals surface area contributed by atoms with E-state index in [1.54, 1.807) is 6.92 Å². The van der Waals surface area contributed by atoms with Crippen molar-refractivity contribution in [3.63, 3.8) is 0 Å². The van der Waals surface area contributed by atoms with Crippen LogP contribution in [0.1, 0.15) is 49.9 Å². The molecule has 116 valence electrons. The van der Waals surface area contributed by atoms with E-state index < -0.39 is 0 Å². The van der Waals surface area contributed by atoms with E-state index in [4.69, 9.17) is 4.74 Å². The largest absolute Gasteiger partial charge is 0.491 e.